The van der Waals surface area contributed by atoms with Gasteiger partial charge in [-0.3, -0.25) is 9.89 Å². The molecule has 0 aromatic heterocycles. The van der Waals surface area contributed by atoms with Crippen LogP contribution in [0.2, 0.25) is 0 Å². The molecular weight excluding hydrogens is 495 g/mol. The average molecular weight is 532 g/mol. The molecule has 1 aliphatic heterocycles. The van der Waals surface area contributed by atoms with Gasteiger partial charge in [0.15, 0.2) is 17.5 Å². The van der Waals surface area contributed by atoms with Crippen molar-refractivity contribution in [2.75, 3.05) is 58.9 Å². The molecule has 8 heteroatoms. The molecule has 170 valence electrons. The average Bonchev–Trinajstić information content (AvgIpc) is 2.78. The summed E-state index contributed by atoms with van der Waals surface area (Å²) in [6.45, 7) is 7.37. The lowest BCUT2D eigenvalue weighted by molar-refractivity contribution is -0.0333. The van der Waals surface area contributed by atoms with Crippen LogP contribution in [0.4, 0.5) is 5.69 Å². The highest BCUT2D eigenvalue weighted by atomic mass is 127. The maximum absolute atomic E-state index is 5.60. The molecule has 0 radical (unpaired) electrons. The van der Waals surface area contributed by atoms with Gasteiger partial charge in [0, 0.05) is 36.9 Å². The summed E-state index contributed by atoms with van der Waals surface area (Å²) in [6.07, 6.45) is 6.33. The maximum Gasteiger partial charge on any atom is 0.195 e. The van der Waals surface area contributed by atoms with E-state index in [1.54, 1.807) is 14.2 Å². The van der Waals surface area contributed by atoms with E-state index in [4.69, 9.17) is 19.2 Å². The molecule has 3 rings (SSSR count). The lowest BCUT2D eigenvalue weighted by Gasteiger charge is -2.47. The van der Waals surface area contributed by atoms with Crippen molar-refractivity contribution in [3.8, 4) is 11.5 Å². The fraction of sp³-hybridized carbons (Fsp3) is 0.682. The largest absolute Gasteiger partial charge is 0.493 e. The van der Waals surface area contributed by atoms with Gasteiger partial charge in [0.25, 0.3) is 0 Å². The predicted octanol–water partition coefficient (Wildman–Crippen LogP) is 3.73. The highest BCUT2D eigenvalue weighted by Crippen LogP contribution is 2.35. The van der Waals surface area contributed by atoms with Crippen LogP contribution in [0.25, 0.3) is 0 Å². The van der Waals surface area contributed by atoms with Gasteiger partial charge in [-0.25, -0.2) is 0 Å². The first-order valence-electron chi connectivity index (χ1n) is 10.8. The zero-order chi connectivity index (χ0) is 20.5. The van der Waals surface area contributed by atoms with E-state index in [9.17, 15) is 0 Å². The number of guanidine groups is 1. The fourth-order valence-corrected chi connectivity index (χ4v) is 4.41. The number of aliphatic imine (C=N–C) groups is 1. The molecule has 0 atom stereocenters. The van der Waals surface area contributed by atoms with Gasteiger partial charge in [-0.15, -0.1) is 24.0 Å². The number of methoxy groups -OCH3 is 2. The molecule has 7 nitrogen and oxygen atoms in total. The highest BCUT2D eigenvalue weighted by molar-refractivity contribution is 14.0. The van der Waals surface area contributed by atoms with Crippen LogP contribution >= 0.6 is 24.0 Å². The Hall–Kier alpha value is -1.26. The Labute approximate surface area is 197 Å². The number of hydrogen-bond donors (Lipinski definition) is 2. The first-order valence-corrected chi connectivity index (χ1v) is 10.8. The molecule has 1 heterocycles. The van der Waals surface area contributed by atoms with Crippen LogP contribution in [0, 0.1) is 0 Å². The summed E-state index contributed by atoms with van der Waals surface area (Å²) >= 11 is 0. The number of nitrogens with zero attached hydrogens (tertiary/aromatic N) is 2. The summed E-state index contributed by atoms with van der Waals surface area (Å²) in [4.78, 5) is 7.64. The molecule has 0 unspecified atom stereocenters. The monoisotopic (exact) mass is 532 g/mol. The zero-order valence-electron chi connectivity index (χ0n) is 18.5. The molecule has 2 aliphatic rings. The molecule has 1 aromatic carbocycles. The van der Waals surface area contributed by atoms with Gasteiger partial charge in [-0.05, 0) is 31.9 Å². The molecule has 0 bridgehead atoms. The smallest absolute Gasteiger partial charge is 0.195 e. The second-order valence-corrected chi connectivity index (χ2v) is 7.77. The van der Waals surface area contributed by atoms with Crippen molar-refractivity contribution in [3.05, 3.63) is 18.2 Å². The van der Waals surface area contributed by atoms with Gasteiger partial charge in [-0.2, -0.15) is 0 Å². The van der Waals surface area contributed by atoms with E-state index in [2.05, 4.69) is 22.5 Å². The summed E-state index contributed by atoms with van der Waals surface area (Å²) in [7, 11) is 3.29. The van der Waals surface area contributed by atoms with Crippen molar-refractivity contribution in [2.24, 2.45) is 4.99 Å². The van der Waals surface area contributed by atoms with Crippen molar-refractivity contribution < 1.29 is 14.2 Å². The second kappa shape index (κ2) is 12.6. The third-order valence-corrected chi connectivity index (χ3v) is 5.99. The Morgan fingerprint density at radius 1 is 1.10 bits per heavy atom. The number of morpholine rings is 1. The van der Waals surface area contributed by atoms with Crippen molar-refractivity contribution in [1.82, 2.24) is 10.2 Å². The SMILES string of the molecule is CCNC(=NCC1(N2CCOCC2)CCCCC1)Nc1ccc(OC)c(OC)c1.I. The van der Waals surface area contributed by atoms with Crippen LogP contribution in [-0.4, -0.2) is 70.0 Å². The highest BCUT2D eigenvalue weighted by Gasteiger charge is 2.38. The summed E-state index contributed by atoms with van der Waals surface area (Å²) < 4.78 is 16.4. The van der Waals surface area contributed by atoms with Crippen LogP contribution in [0.15, 0.2) is 23.2 Å². The minimum atomic E-state index is 0. The molecule has 1 aromatic rings. The van der Waals surface area contributed by atoms with Crippen molar-refractivity contribution in [1.29, 1.82) is 0 Å². The second-order valence-electron chi connectivity index (χ2n) is 7.77. The van der Waals surface area contributed by atoms with Gasteiger partial charge in [0.1, 0.15) is 0 Å². The van der Waals surface area contributed by atoms with E-state index in [1.807, 2.05) is 18.2 Å². The van der Waals surface area contributed by atoms with Crippen molar-refractivity contribution >= 4 is 35.6 Å². The van der Waals surface area contributed by atoms with Crippen LogP contribution in [-0.2, 0) is 4.74 Å². The zero-order valence-corrected chi connectivity index (χ0v) is 20.9. The molecule has 2 N–H and O–H groups in total. The fourth-order valence-electron chi connectivity index (χ4n) is 4.41. The molecule has 2 fully saturated rings. The Balaban J connectivity index is 0.00000320. The third kappa shape index (κ3) is 6.37. The first kappa shape index (κ1) is 25.0. The minimum absolute atomic E-state index is 0. The number of hydrogen-bond acceptors (Lipinski definition) is 5. The number of anilines is 1. The normalized spacial score (nSPS) is 19.5. The van der Waals surface area contributed by atoms with E-state index < -0.39 is 0 Å². The van der Waals surface area contributed by atoms with Gasteiger partial charge < -0.3 is 24.8 Å². The molecule has 1 saturated heterocycles. The number of halogens is 1. The predicted molar refractivity (Wildman–Crippen MR) is 133 cm³/mol. The Kier molecular flexibility index (Phi) is 10.5. The Morgan fingerprint density at radius 2 is 1.80 bits per heavy atom. The van der Waals surface area contributed by atoms with Crippen LogP contribution in [0.1, 0.15) is 39.0 Å². The number of benzene rings is 1. The summed E-state index contributed by atoms with van der Waals surface area (Å²) in [5.41, 5.74) is 1.08. The summed E-state index contributed by atoms with van der Waals surface area (Å²) in [6, 6.07) is 5.82. The molecule has 0 amide bonds. The molecule has 1 saturated carbocycles. The topological polar surface area (TPSA) is 67.4 Å². The van der Waals surface area contributed by atoms with Crippen LogP contribution < -0.4 is 20.1 Å². The van der Waals surface area contributed by atoms with Crippen LogP contribution in [0.3, 0.4) is 0 Å². The van der Waals surface area contributed by atoms with E-state index >= 15 is 0 Å². The number of nitrogens with one attached hydrogen (secondary N) is 2. The molecule has 1 aliphatic carbocycles. The number of ether oxygens (including phenoxy) is 3. The van der Waals surface area contributed by atoms with E-state index in [0.717, 1.165) is 51.0 Å². The Morgan fingerprint density at radius 3 is 2.43 bits per heavy atom. The van der Waals surface area contributed by atoms with Gasteiger partial charge >= 0.3 is 0 Å². The molecule has 30 heavy (non-hydrogen) atoms. The quantitative estimate of drug-likeness (QED) is 0.317. The van der Waals surface area contributed by atoms with Crippen molar-refractivity contribution in [3.63, 3.8) is 0 Å². The van der Waals surface area contributed by atoms with E-state index in [-0.39, 0.29) is 29.5 Å². The molecule has 0 spiro atoms. The van der Waals surface area contributed by atoms with E-state index in [1.165, 1.54) is 32.1 Å². The lowest BCUT2D eigenvalue weighted by Crippen LogP contribution is -2.56. The third-order valence-electron chi connectivity index (χ3n) is 5.99. The van der Waals surface area contributed by atoms with Gasteiger partial charge in [-0.1, -0.05) is 19.3 Å². The lowest BCUT2D eigenvalue weighted by atomic mass is 9.80. The van der Waals surface area contributed by atoms with Gasteiger partial charge in [0.05, 0.1) is 34.0 Å². The summed E-state index contributed by atoms with van der Waals surface area (Å²) in [5, 5.41) is 6.81. The Bertz CT molecular complexity index is 674. The maximum atomic E-state index is 5.60. The summed E-state index contributed by atoms with van der Waals surface area (Å²) in [5.74, 6) is 2.22. The first-order chi connectivity index (χ1) is 14.2. The minimum Gasteiger partial charge on any atom is -0.493 e. The van der Waals surface area contributed by atoms with Crippen molar-refractivity contribution in [2.45, 2.75) is 44.6 Å². The number of rotatable bonds is 7. The van der Waals surface area contributed by atoms with Crippen LogP contribution in [0.5, 0.6) is 11.5 Å². The van der Waals surface area contributed by atoms with Gasteiger partial charge in [0.2, 0.25) is 0 Å². The standard InChI is InChI=1S/C22H36N4O3.HI/c1-4-23-21(25-18-8-9-19(27-2)20(16-18)28-3)24-17-22(10-6-5-7-11-22)26-12-14-29-15-13-26;/h8-9,16H,4-7,10-15,17H2,1-3H3,(H2,23,24,25);1H. The molecular formula is C22H37IN4O3. The van der Waals surface area contributed by atoms with E-state index in [0.29, 0.717) is 11.5 Å².